The summed E-state index contributed by atoms with van der Waals surface area (Å²) >= 11 is 6.63. The van der Waals surface area contributed by atoms with Gasteiger partial charge in [-0.1, -0.05) is 23.0 Å². The second-order valence-corrected chi connectivity index (χ2v) is 5.88. The minimum Gasteiger partial charge on any atom is -0.228 e. The molecule has 0 atom stereocenters. The largest absolute Gasteiger partial charge is 0.228 e. The van der Waals surface area contributed by atoms with E-state index in [9.17, 15) is 8.42 Å². The van der Waals surface area contributed by atoms with Gasteiger partial charge >= 0.3 is 0 Å². The summed E-state index contributed by atoms with van der Waals surface area (Å²) in [5, 5.41) is 3.61. The van der Waals surface area contributed by atoms with E-state index in [0.29, 0.717) is 10.0 Å². The first-order chi connectivity index (χ1) is 5.55. The fourth-order valence-corrected chi connectivity index (χ4v) is 2.21. The molecular weight excluding hydrogens is 220 g/mol. The van der Waals surface area contributed by atoms with Gasteiger partial charge in [0.2, 0.25) is 0 Å². The van der Waals surface area contributed by atoms with Crippen LogP contribution in [-0.2, 0) is 15.6 Å². The third-order valence-corrected chi connectivity index (χ3v) is 3.88. The average Bonchev–Trinajstić information content (AvgIpc) is 2.36. The zero-order chi connectivity index (χ0) is 9.19. The third kappa shape index (κ3) is 2.40. The maximum absolute atomic E-state index is 11.1. The Morgan fingerprint density at radius 2 is 2.25 bits per heavy atom. The molecule has 0 bridgehead atoms. The Balaban J connectivity index is 2.84. The minimum absolute atomic E-state index is 0.0981. The van der Waals surface area contributed by atoms with Gasteiger partial charge in [0.15, 0.2) is 9.84 Å². The van der Waals surface area contributed by atoms with E-state index in [1.54, 1.807) is 6.92 Å². The number of hydrogen-bond donors (Lipinski definition) is 0. The van der Waals surface area contributed by atoms with Gasteiger partial charge in [-0.15, -0.1) is 5.10 Å². The topological polar surface area (TPSA) is 59.9 Å². The normalized spacial score (nSPS) is 11.8. The van der Waals surface area contributed by atoms with Crippen molar-refractivity contribution in [3.8, 4) is 0 Å². The first-order valence-electron chi connectivity index (χ1n) is 3.22. The van der Waals surface area contributed by atoms with E-state index in [4.69, 9.17) is 11.6 Å². The first kappa shape index (κ1) is 9.88. The molecule has 0 radical (unpaired) electrons. The molecule has 0 aliphatic rings. The molecule has 7 heteroatoms. The third-order valence-electron chi connectivity index (χ3n) is 1.31. The highest BCUT2D eigenvalue weighted by molar-refractivity contribution is 7.90. The van der Waals surface area contributed by atoms with Crippen molar-refractivity contribution >= 4 is 33.0 Å². The van der Waals surface area contributed by atoms with Crippen molar-refractivity contribution < 1.29 is 8.42 Å². The summed E-state index contributed by atoms with van der Waals surface area (Å²) in [7, 11) is -3.05. The van der Waals surface area contributed by atoms with Gasteiger partial charge in [-0.2, -0.15) is 0 Å². The van der Waals surface area contributed by atoms with Crippen LogP contribution in [0.1, 0.15) is 12.6 Å². The molecule has 0 saturated heterocycles. The highest BCUT2D eigenvalue weighted by atomic mass is 35.5. The maximum atomic E-state index is 11.1. The lowest BCUT2D eigenvalue weighted by Gasteiger charge is -1.95. The average molecular weight is 227 g/mol. The van der Waals surface area contributed by atoms with Crippen molar-refractivity contribution in [3.05, 3.63) is 10.0 Å². The highest BCUT2D eigenvalue weighted by Gasteiger charge is 2.14. The summed E-state index contributed by atoms with van der Waals surface area (Å²) in [6, 6.07) is 0. The molecule has 1 aromatic rings. The zero-order valence-corrected chi connectivity index (χ0v) is 8.71. The van der Waals surface area contributed by atoms with E-state index in [1.165, 1.54) is 0 Å². The lowest BCUT2D eigenvalue weighted by atomic mass is 10.6. The monoisotopic (exact) mass is 226 g/mol. The number of hydrogen-bond acceptors (Lipinski definition) is 5. The van der Waals surface area contributed by atoms with Crippen molar-refractivity contribution in [3.63, 3.8) is 0 Å². The molecule has 0 fully saturated rings. The molecular formula is C5H7ClN2O2S2. The molecule has 4 nitrogen and oxygen atoms in total. The van der Waals surface area contributed by atoms with Crippen molar-refractivity contribution in [2.75, 3.05) is 5.75 Å². The molecule has 68 valence electrons. The fraction of sp³-hybridized carbons (Fsp3) is 0.600. The van der Waals surface area contributed by atoms with Crippen LogP contribution in [0.2, 0.25) is 4.34 Å². The summed E-state index contributed by atoms with van der Waals surface area (Å²) in [5.41, 5.74) is 0.350. The molecule has 1 aromatic heterocycles. The maximum Gasteiger partial charge on any atom is 0.155 e. The van der Waals surface area contributed by atoms with Gasteiger partial charge in [0, 0.05) is 17.3 Å². The number of aromatic nitrogens is 2. The molecule has 0 aliphatic heterocycles. The molecule has 0 spiro atoms. The van der Waals surface area contributed by atoms with Gasteiger partial charge in [0.1, 0.15) is 10.0 Å². The molecule has 0 unspecified atom stereocenters. The summed E-state index contributed by atoms with van der Waals surface area (Å²) < 4.78 is 26.1. The van der Waals surface area contributed by atoms with Crippen LogP contribution in [0.4, 0.5) is 0 Å². The van der Waals surface area contributed by atoms with Crippen LogP contribution in [0, 0.1) is 0 Å². The van der Waals surface area contributed by atoms with Gasteiger partial charge < -0.3 is 0 Å². The molecule has 0 aliphatic carbocycles. The van der Waals surface area contributed by atoms with Crippen molar-refractivity contribution in [1.29, 1.82) is 0 Å². The van der Waals surface area contributed by atoms with E-state index in [0.717, 1.165) is 11.5 Å². The van der Waals surface area contributed by atoms with Crippen LogP contribution < -0.4 is 0 Å². The van der Waals surface area contributed by atoms with Gasteiger partial charge in [0.05, 0.1) is 5.75 Å². The molecule has 0 saturated carbocycles. The van der Waals surface area contributed by atoms with Crippen LogP contribution in [0.15, 0.2) is 0 Å². The first-order valence-corrected chi connectivity index (χ1v) is 6.19. The van der Waals surface area contributed by atoms with Gasteiger partial charge in [-0.3, -0.25) is 0 Å². The van der Waals surface area contributed by atoms with E-state index >= 15 is 0 Å². The minimum atomic E-state index is -3.05. The van der Waals surface area contributed by atoms with Crippen LogP contribution >= 0.6 is 23.1 Å². The van der Waals surface area contributed by atoms with E-state index in [2.05, 4.69) is 9.59 Å². The Bertz CT molecular complexity index is 359. The predicted octanol–water partition coefficient (Wildman–Crippen LogP) is 1.13. The smallest absolute Gasteiger partial charge is 0.155 e. The second kappa shape index (κ2) is 3.68. The number of sulfone groups is 1. The van der Waals surface area contributed by atoms with Crippen molar-refractivity contribution in [2.45, 2.75) is 12.7 Å². The van der Waals surface area contributed by atoms with E-state index in [-0.39, 0.29) is 11.5 Å². The Kier molecular flexibility index (Phi) is 3.03. The summed E-state index contributed by atoms with van der Waals surface area (Å²) in [4.78, 5) is 0. The molecule has 12 heavy (non-hydrogen) atoms. The van der Waals surface area contributed by atoms with Crippen LogP contribution in [-0.4, -0.2) is 23.8 Å². The Morgan fingerprint density at radius 1 is 1.58 bits per heavy atom. The van der Waals surface area contributed by atoms with Gasteiger partial charge in [-0.05, 0) is 0 Å². The Labute approximate surface area is 79.6 Å². The summed E-state index contributed by atoms with van der Waals surface area (Å²) in [5.74, 6) is -0.0142. The zero-order valence-electron chi connectivity index (χ0n) is 6.32. The molecule has 0 N–H and O–H groups in total. The fourth-order valence-electron chi connectivity index (χ4n) is 0.594. The van der Waals surface area contributed by atoms with E-state index in [1.807, 2.05) is 0 Å². The highest BCUT2D eigenvalue weighted by Crippen LogP contribution is 2.19. The Morgan fingerprint density at radius 3 is 2.67 bits per heavy atom. The molecule has 1 heterocycles. The number of halogens is 1. The number of rotatable bonds is 3. The van der Waals surface area contributed by atoms with Gasteiger partial charge in [0.25, 0.3) is 0 Å². The lowest BCUT2D eigenvalue weighted by molar-refractivity contribution is 0.595. The quantitative estimate of drug-likeness (QED) is 0.775. The molecule has 0 aromatic carbocycles. The standard InChI is InChI=1S/C5H7ClN2O2S2/c1-2-12(9,10)3-4-5(6)11-8-7-4/h2-3H2,1H3. The predicted molar refractivity (Wildman–Crippen MR) is 48.1 cm³/mol. The summed E-state index contributed by atoms with van der Waals surface area (Å²) in [6.07, 6.45) is 0. The van der Waals surface area contributed by atoms with Gasteiger partial charge in [-0.25, -0.2) is 8.42 Å². The summed E-state index contributed by atoms with van der Waals surface area (Å²) in [6.45, 7) is 1.59. The molecule has 1 rings (SSSR count). The lowest BCUT2D eigenvalue weighted by Crippen LogP contribution is -2.07. The molecule has 0 amide bonds. The van der Waals surface area contributed by atoms with Crippen molar-refractivity contribution in [1.82, 2.24) is 9.59 Å². The SMILES string of the molecule is CCS(=O)(=O)Cc1nnsc1Cl. The van der Waals surface area contributed by atoms with Crippen LogP contribution in [0.25, 0.3) is 0 Å². The number of nitrogens with zero attached hydrogens (tertiary/aromatic N) is 2. The van der Waals surface area contributed by atoms with Crippen LogP contribution in [0.5, 0.6) is 0 Å². The van der Waals surface area contributed by atoms with E-state index < -0.39 is 9.84 Å². The second-order valence-electron chi connectivity index (χ2n) is 2.17. The van der Waals surface area contributed by atoms with Crippen LogP contribution in [0.3, 0.4) is 0 Å². The van der Waals surface area contributed by atoms with Crippen molar-refractivity contribution in [2.24, 2.45) is 0 Å². The Hall–Kier alpha value is -0.200.